The third kappa shape index (κ3) is 6.98. The second kappa shape index (κ2) is 9.84. The molecule has 2 aromatic rings. The van der Waals surface area contributed by atoms with E-state index in [0.29, 0.717) is 6.54 Å². The molecule has 0 fully saturated rings. The highest BCUT2D eigenvalue weighted by Gasteiger charge is 2.10. The molecule has 1 atom stereocenters. The molecular weight excluding hydrogens is 312 g/mol. The van der Waals surface area contributed by atoms with Crippen molar-refractivity contribution < 1.29 is 9.53 Å². The number of hydrogen-bond acceptors (Lipinski definition) is 3. The number of amides is 1. The van der Waals surface area contributed by atoms with Crippen LogP contribution >= 0.6 is 0 Å². The number of carbonyl (C=O) groups excluding carboxylic acids is 1. The summed E-state index contributed by atoms with van der Waals surface area (Å²) < 4.78 is 5.16. The molecule has 0 aliphatic carbocycles. The number of carbonyl (C=O) groups is 1. The topological polar surface area (TPSA) is 41.6 Å². The number of methoxy groups -OCH3 is 1. The highest BCUT2D eigenvalue weighted by molar-refractivity contribution is 5.78. The summed E-state index contributed by atoms with van der Waals surface area (Å²) >= 11 is 0. The van der Waals surface area contributed by atoms with E-state index < -0.39 is 0 Å². The van der Waals surface area contributed by atoms with Crippen LogP contribution in [0.3, 0.4) is 0 Å². The SMILES string of the molecule is COc1ccc(CN(C)CC(=O)N[C@H](C)CCc2ccccc2)cc1. The number of ether oxygens (including phenoxy) is 1. The second-order valence-electron chi connectivity index (χ2n) is 6.51. The van der Waals surface area contributed by atoms with Crippen LogP contribution < -0.4 is 10.1 Å². The van der Waals surface area contributed by atoms with Crippen LogP contribution in [-0.2, 0) is 17.8 Å². The van der Waals surface area contributed by atoms with E-state index in [1.165, 1.54) is 5.56 Å². The standard InChI is InChI=1S/C21H28N2O2/c1-17(9-10-18-7-5-4-6-8-18)22-21(24)16-23(2)15-19-11-13-20(25-3)14-12-19/h4-8,11-14,17H,9-10,15-16H2,1-3H3,(H,22,24)/t17-/m1/s1. The van der Waals surface area contributed by atoms with Crippen molar-refractivity contribution in [2.24, 2.45) is 0 Å². The fourth-order valence-electron chi connectivity index (χ4n) is 2.76. The van der Waals surface area contributed by atoms with Crippen molar-refractivity contribution in [3.05, 3.63) is 65.7 Å². The normalized spacial score (nSPS) is 12.0. The Balaban J connectivity index is 1.70. The van der Waals surface area contributed by atoms with Crippen LogP contribution in [0.2, 0.25) is 0 Å². The number of benzene rings is 2. The predicted molar refractivity (Wildman–Crippen MR) is 102 cm³/mol. The van der Waals surface area contributed by atoms with Crippen LogP contribution in [-0.4, -0.2) is 37.6 Å². The third-order valence-electron chi connectivity index (χ3n) is 4.14. The molecule has 4 heteroatoms. The lowest BCUT2D eigenvalue weighted by Gasteiger charge is -2.19. The first-order valence-corrected chi connectivity index (χ1v) is 8.71. The van der Waals surface area contributed by atoms with Gasteiger partial charge in [-0.1, -0.05) is 42.5 Å². The van der Waals surface area contributed by atoms with E-state index in [0.717, 1.165) is 30.7 Å². The molecule has 0 aromatic heterocycles. The minimum atomic E-state index is 0.0663. The van der Waals surface area contributed by atoms with E-state index in [2.05, 4.69) is 24.4 Å². The fourth-order valence-corrected chi connectivity index (χ4v) is 2.76. The van der Waals surface area contributed by atoms with Crippen molar-refractivity contribution in [2.45, 2.75) is 32.4 Å². The maximum Gasteiger partial charge on any atom is 0.234 e. The average Bonchev–Trinajstić information content (AvgIpc) is 2.61. The largest absolute Gasteiger partial charge is 0.497 e. The van der Waals surface area contributed by atoms with Gasteiger partial charge >= 0.3 is 0 Å². The number of rotatable bonds is 9. The molecule has 0 saturated carbocycles. The molecule has 1 amide bonds. The monoisotopic (exact) mass is 340 g/mol. The molecule has 0 unspecified atom stereocenters. The molecule has 0 spiro atoms. The van der Waals surface area contributed by atoms with Gasteiger partial charge in [0.25, 0.3) is 0 Å². The van der Waals surface area contributed by atoms with Crippen molar-refractivity contribution >= 4 is 5.91 Å². The van der Waals surface area contributed by atoms with Gasteiger partial charge in [-0.3, -0.25) is 9.69 Å². The highest BCUT2D eigenvalue weighted by atomic mass is 16.5. The third-order valence-corrected chi connectivity index (χ3v) is 4.14. The summed E-state index contributed by atoms with van der Waals surface area (Å²) in [4.78, 5) is 14.2. The van der Waals surface area contributed by atoms with Gasteiger partial charge in [0, 0.05) is 12.6 Å². The lowest BCUT2D eigenvalue weighted by molar-refractivity contribution is -0.122. The number of nitrogens with zero attached hydrogens (tertiary/aromatic N) is 1. The molecule has 0 heterocycles. The van der Waals surface area contributed by atoms with Crippen LogP contribution in [0.25, 0.3) is 0 Å². The summed E-state index contributed by atoms with van der Waals surface area (Å²) in [5, 5.41) is 3.08. The van der Waals surface area contributed by atoms with Crippen molar-refractivity contribution in [2.75, 3.05) is 20.7 Å². The molecule has 1 N–H and O–H groups in total. The van der Waals surface area contributed by atoms with Gasteiger partial charge in [0.15, 0.2) is 0 Å². The molecule has 0 aliphatic heterocycles. The number of nitrogens with one attached hydrogen (secondary N) is 1. The molecule has 134 valence electrons. The zero-order chi connectivity index (χ0) is 18.1. The molecule has 2 rings (SSSR count). The Hall–Kier alpha value is -2.33. The second-order valence-corrected chi connectivity index (χ2v) is 6.51. The predicted octanol–water partition coefficient (Wildman–Crippen LogP) is 3.26. The average molecular weight is 340 g/mol. The lowest BCUT2D eigenvalue weighted by atomic mass is 10.1. The summed E-state index contributed by atoms with van der Waals surface area (Å²) in [6.45, 7) is 3.18. The molecule has 0 bridgehead atoms. The first-order chi connectivity index (χ1) is 12.1. The van der Waals surface area contributed by atoms with Crippen LogP contribution in [0.4, 0.5) is 0 Å². The van der Waals surface area contributed by atoms with E-state index in [-0.39, 0.29) is 11.9 Å². The summed E-state index contributed by atoms with van der Waals surface area (Å²) in [5.41, 5.74) is 2.47. The first kappa shape index (κ1) is 19.0. The van der Waals surface area contributed by atoms with E-state index in [9.17, 15) is 4.79 Å². The number of hydrogen-bond donors (Lipinski definition) is 1. The van der Waals surface area contributed by atoms with E-state index in [1.807, 2.05) is 54.4 Å². The van der Waals surface area contributed by atoms with E-state index >= 15 is 0 Å². The zero-order valence-electron chi connectivity index (χ0n) is 15.4. The van der Waals surface area contributed by atoms with Gasteiger partial charge in [0.1, 0.15) is 5.75 Å². The lowest BCUT2D eigenvalue weighted by Crippen LogP contribution is -2.39. The molecule has 0 radical (unpaired) electrons. The van der Waals surface area contributed by atoms with Crippen LogP contribution in [0.1, 0.15) is 24.5 Å². The molecule has 0 saturated heterocycles. The van der Waals surface area contributed by atoms with Gasteiger partial charge in [-0.2, -0.15) is 0 Å². The Morgan fingerprint density at radius 3 is 2.40 bits per heavy atom. The Labute approximate surface area is 150 Å². The van der Waals surface area contributed by atoms with Crippen molar-refractivity contribution in [3.63, 3.8) is 0 Å². The highest BCUT2D eigenvalue weighted by Crippen LogP contribution is 2.12. The van der Waals surface area contributed by atoms with Crippen LogP contribution in [0.5, 0.6) is 5.75 Å². The minimum absolute atomic E-state index is 0.0663. The Bertz CT molecular complexity index is 641. The quantitative estimate of drug-likeness (QED) is 0.762. The molecule has 2 aromatic carbocycles. The first-order valence-electron chi connectivity index (χ1n) is 8.71. The Kier molecular flexibility index (Phi) is 7.48. The minimum Gasteiger partial charge on any atom is -0.497 e. The van der Waals surface area contributed by atoms with Crippen molar-refractivity contribution in [1.29, 1.82) is 0 Å². The summed E-state index contributed by atoms with van der Waals surface area (Å²) in [6.07, 6.45) is 1.92. The Morgan fingerprint density at radius 1 is 1.08 bits per heavy atom. The van der Waals surface area contributed by atoms with Crippen molar-refractivity contribution in [3.8, 4) is 5.75 Å². The molecule has 25 heavy (non-hydrogen) atoms. The molecule has 0 aliphatic rings. The van der Waals surface area contributed by atoms with E-state index in [4.69, 9.17) is 4.74 Å². The summed E-state index contributed by atoms with van der Waals surface area (Å²) in [7, 11) is 3.61. The maximum atomic E-state index is 12.2. The summed E-state index contributed by atoms with van der Waals surface area (Å²) in [5.74, 6) is 0.910. The maximum absolute atomic E-state index is 12.2. The van der Waals surface area contributed by atoms with Crippen LogP contribution in [0, 0.1) is 0 Å². The smallest absolute Gasteiger partial charge is 0.234 e. The van der Waals surface area contributed by atoms with Crippen LogP contribution in [0.15, 0.2) is 54.6 Å². The van der Waals surface area contributed by atoms with Gasteiger partial charge in [-0.15, -0.1) is 0 Å². The van der Waals surface area contributed by atoms with E-state index in [1.54, 1.807) is 7.11 Å². The van der Waals surface area contributed by atoms with Gasteiger partial charge < -0.3 is 10.1 Å². The number of likely N-dealkylation sites (N-methyl/N-ethyl adjacent to an activating group) is 1. The van der Waals surface area contributed by atoms with Crippen molar-refractivity contribution in [1.82, 2.24) is 10.2 Å². The van der Waals surface area contributed by atoms with Gasteiger partial charge in [0.05, 0.1) is 13.7 Å². The van der Waals surface area contributed by atoms with Gasteiger partial charge in [-0.25, -0.2) is 0 Å². The zero-order valence-corrected chi connectivity index (χ0v) is 15.4. The summed E-state index contributed by atoms with van der Waals surface area (Å²) in [6, 6.07) is 18.5. The number of aryl methyl sites for hydroxylation is 1. The molecular formula is C21H28N2O2. The van der Waals surface area contributed by atoms with Gasteiger partial charge in [0.2, 0.25) is 5.91 Å². The Morgan fingerprint density at radius 2 is 1.76 bits per heavy atom. The fraction of sp³-hybridized carbons (Fsp3) is 0.381. The van der Waals surface area contributed by atoms with Gasteiger partial charge in [-0.05, 0) is 50.1 Å². The molecule has 4 nitrogen and oxygen atoms in total.